The number of rotatable bonds is 6. The lowest BCUT2D eigenvalue weighted by atomic mass is 10.0. The van der Waals surface area contributed by atoms with E-state index in [-0.39, 0.29) is 29.5 Å². The molecule has 2 aliphatic rings. The van der Waals surface area contributed by atoms with E-state index in [1.807, 2.05) is 32.0 Å². The lowest BCUT2D eigenvalue weighted by Gasteiger charge is -2.43. The van der Waals surface area contributed by atoms with Crippen LogP contribution < -0.4 is 10.4 Å². The van der Waals surface area contributed by atoms with Gasteiger partial charge in [0.15, 0.2) is 5.79 Å². The summed E-state index contributed by atoms with van der Waals surface area (Å²) in [6.45, 7) is 11.3. The zero-order chi connectivity index (χ0) is 24.7. The average Bonchev–Trinajstić information content (AvgIpc) is 3.33. The van der Waals surface area contributed by atoms with Crippen LogP contribution in [-0.4, -0.2) is 39.0 Å². The molecule has 0 aliphatic carbocycles. The van der Waals surface area contributed by atoms with Crippen LogP contribution in [0, 0.1) is 0 Å². The Kier molecular flexibility index (Phi) is 6.49. The van der Waals surface area contributed by atoms with Gasteiger partial charge in [-0.1, -0.05) is 112 Å². The number of hydrogen-bond donors (Lipinski definition) is 0. The van der Waals surface area contributed by atoms with E-state index in [0.29, 0.717) is 6.61 Å². The van der Waals surface area contributed by atoms with Crippen molar-refractivity contribution in [1.29, 1.82) is 0 Å². The van der Waals surface area contributed by atoms with Gasteiger partial charge < -0.3 is 18.6 Å². The first-order valence-corrected chi connectivity index (χ1v) is 14.4. The summed E-state index contributed by atoms with van der Waals surface area (Å²) in [5.74, 6) is -0.651. The van der Waals surface area contributed by atoms with Crippen molar-refractivity contribution in [2.45, 2.75) is 69.9 Å². The Morgan fingerprint density at radius 3 is 1.74 bits per heavy atom. The van der Waals surface area contributed by atoms with Gasteiger partial charge in [0.05, 0.1) is 6.61 Å². The van der Waals surface area contributed by atoms with Crippen molar-refractivity contribution in [2.24, 2.45) is 0 Å². The van der Waals surface area contributed by atoms with E-state index in [9.17, 15) is 0 Å². The van der Waals surface area contributed by atoms with Gasteiger partial charge in [-0.15, -0.1) is 0 Å². The number of fused-ring (bicyclic) bond motifs is 1. The maximum absolute atomic E-state index is 7.19. The predicted octanol–water partition coefficient (Wildman–Crippen LogP) is 5.22. The fraction of sp³-hybridized carbons (Fsp3) is 0.400. The van der Waals surface area contributed by atoms with Crippen molar-refractivity contribution in [3.8, 4) is 0 Å². The molecule has 0 radical (unpaired) electrons. The fourth-order valence-corrected chi connectivity index (χ4v) is 10.3. The molecule has 0 N–H and O–H groups in total. The smallest absolute Gasteiger partial charge is 0.261 e. The lowest BCUT2D eigenvalue weighted by molar-refractivity contribution is -0.190. The molecule has 0 unspecified atom stereocenters. The molecule has 4 atom stereocenters. The summed E-state index contributed by atoms with van der Waals surface area (Å²) in [6, 6.07) is 31.7. The Balaban J connectivity index is 1.50. The minimum atomic E-state index is -2.67. The third-order valence-corrected chi connectivity index (χ3v) is 12.2. The van der Waals surface area contributed by atoms with Crippen molar-refractivity contribution in [3.05, 3.63) is 96.6 Å². The second-order valence-electron chi connectivity index (χ2n) is 11.0. The molecule has 0 aromatic heterocycles. The molecule has 2 saturated heterocycles. The van der Waals surface area contributed by atoms with E-state index in [0.717, 1.165) is 5.56 Å². The van der Waals surface area contributed by atoms with Crippen LogP contribution in [-0.2, 0) is 18.6 Å². The van der Waals surface area contributed by atoms with Gasteiger partial charge in [-0.2, -0.15) is 0 Å². The van der Waals surface area contributed by atoms with Gasteiger partial charge in [-0.05, 0) is 34.8 Å². The summed E-state index contributed by atoms with van der Waals surface area (Å²) in [7, 11) is -2.67. The highest BCUT2D eigenvalue weighted by Crippen LogP contribution is 2.46. The molecule has 0 spiro atoms. The zero-order valence-corrected chi connectivity index (χ0v) is 22.3. The van der Waals surface area contributed by atoms with E-state index < -0.39 is 14.1 Å². The summed E-state index contributed by atoms with van der Waals surface area (Å²) in [6.07, 6.45) is -0.766. The van der Waals surface area contributed by atoms with Crippen LogP contribution in [0.4, 0.5) is 0 Å². The van der Waals surface area contributed by atoms with Crippen LogP contribution in [0.3, 0.4) is 0 Å². The number of ether oxygens (including phenoxy) is 3. The Labute approximate surface area is 210 Å². The minimum absolute atomic E-state index is 0.0984. The normalized spacial score (nSPS) is 26.0. The molecule has 3 aromatic carbocycles. The van der Waals surface area contributed by atoms with Gasteiger partial charge in [0.2, 0.25) is 0 Å². The van der Waals surface area contributed by atoms with Crippen LogP contribution in [0.5, 0.6) is 0 Å². The molecule has 2 heterocycles. The second-order valence-corrected chi connectivity index (χ2v) is 15.4. The van der Waals surface area contributed by atoms with Gasteiger partial charge in [-0.3, -0.25) is 0 Å². The summed E-state index contributed by atoms with van der Waals surface area (Å²) < 4.78 is 26.6. The summed E-state index contributed by atoms with van der Waals surface area (Å²) in [5.41, 5.74) is 1.11. The molecule has 3 aromatic rings. The topological polar surface area (TPSA) is 36.9 Å². The highest BCUT2D eigenvalue weighted by molar-refractivity contribution is 6.99. The van der Waals surface area contributed by atoms with Crippen LogP contribution in [0.15, 0.2) is 91.0 Å². The minimum Gasteiger partial charge on any atom is -0.405 e. The van der Waals surface area contributed by atoms with E-state index in [4.69, 9.17) is 18.6 Å². The quantitative estimate of drug-likeness (QED) is 0.446. The molecule has 5 heteroatoms. The number of hydrogen-bond acceptors (Lipinski definition) is 4. The van der Waals surface area contributed by atoms with E-state index in [2.05, 4.69) is 93.6 Å². The molecular weight excluding hydrogens is 452 g/mol. The molecule has 184 valence electrons. The van der Waals surface area contributed by atoms with Crippen LogP contribution >= 0.6 is 0 Å². The molecule has 2 aliphatic heterocycles. The van der Waals surface area contributed by atoms with E-state index >= 15 is 0 Å². The van der Waals surface area contributed by atoms with Crippen molar-refractivity contribution < 1.29 is 18.6 Å². The summed E-state index contributed by atoms with van der Waals surface area (Å²) >= 11 is 0. The van der Waals surface area contributed by atoms with Crippen molar-refractivity contribution in [1.82, 2.24) is 0 Å². The Bertz CT molecular complexity index is 1070. The van der Waals surface area contributed by atoms with Gasteiger partial charge in [-0.25, -0.2) is 0 Å². The van der Waals surface area contributed by atoms with Crippen LogP contribution in [0.25, 0.3) is 0 Å². The first kappa shape index (κ1) is 24.4. The molecule has 35 heavy (non-hydrogen) atoms. The first-order valence-electron chi connectivity index (χ1n) is 12.5. The standard InChI is InChI=1S/C30H36O4Si/c1-29(2,3)35(23-17-11-7-12-18-23,24-19-13-8-14-20-24)31-21-25-27-28(34-30(4,5)33-27)26(32-25)22-15-9-6-10-16-22/h6-20,25-28H,21H2,1-5H3/t25-,26+,27-,28+/m1/s1. The molecule has 2 fully saturated rings. The lowest BCUT2D eigenvalue weighted by Crippen LogP contribution is -2.67. The van der Waals surface area contributed by atoms with E-state index in [1.165, 1.54) is 10.4 Å². The van der Waals surface area contributed by atoms with E-state index in [1.54, 1.807) is 0 Å². The Morgan fingerprint density at radius 1 is 0.743 bits per heavy atom. The average molecular weight is 489 g/mol. The van der Waals surface area contributed by atoms with Crippen LogP contribution in [0.1, 0.15) is 46.3 Å². The fourth-order valence-electron chi connectivity index (χ4n) is 5.70. The third-order valence-electron chi connectivity index (χ3n) is 7.16. The van der Waals surface area contributed by atoms with Gasteiger partial charge in [0.1, 0.15) is 24.4 Å². The predicted molar refractivity (Wildman–Crippen MR) is 141 cm³/mol. The molecule has 5 rings (SSSR count). The molecule has 0 saturated carbocycles. The molecule has 4 nitrogen and oxygen atoms in total. The maximum Gasteiger partial charge on any atom is 0.261 e. The molecule has 0 bridgehead atoms. The Hall–Kier alpha value is -2.28. The number of benzene rings is 3. The Morgan fingerprint density at radius 2 is 1.23 bits per heavy atom. The summed E-state index contributed by atoms with van der Waals surface area (Å²) in [4.78, 5) is 0. The molecular formula is C30H36O4Si. The van der Waals surface area contributed by atoms with Gasteiger partial charge in [0.25, 0.3) is 8.32 Å². The molecule has 0 amide bonds. The summed E-state index contributed by atoms with van der Waals surface area (Å²) in [5, 5.41) is 2.42. The SMILES string of the molecule is CC1(C)O[C@@H]2[C@H](O1)[C@@H](CO[Si](c1ccccc1)(c1ccccc1)C(C)(C)C)O[C@H]2c1ccccc1. The monoisotopic (exact) mass is 488 g/mol. The van der Waals surface area contributed by atoms with Crippen LogP contribution in [0.2, 0.25) is 5.04 Å². The highest BCUT2D eigenvalue weighted by Gasteiger charge is 2.57. The largest absolute Gasteiger partial charge is 0.405 e. The highest BCUT2D eigenvalue weighted by atomic mass is 28.4. The van der Waals surface area contributed by atoms with Crippen molar-refractivity contribution in [2.75, 3.05) is 6.61 Å². The first-order chi connectivity index (χ1) is 16.7. The second kappa shape index (κ2) is 9.30. The maximum atomic E-state index is 7.19. The van der Waals surface area contributed by atoms with Gasteiger partial charge >= 0.3 is 0 Å². The van der Waals surface area contributed by atoms with Gasteiger partial charge in [0, 0.05) is 0 Å². The van der Waals surface area contributed by atoms with Crippen molar-refractivity contribution >= 4 is 18.7 Å². The third kappa shape index (κ3) is 4.52. The zero-order valence-electron chi connectivity index (χ0n) is 21.3. The van der Waals surface area contributed by atoms with Crippen molar-refractivity contribution in [3.63, 3.8) is 0 Å².